The molecular weight excluding hydrogens is 322 g/mol. The number of nitrogens with zero attached hydrogens (tertiary/aromatic N) is 4. The Morgan fingerprint density at radius 3 is 2.67 bits per heavy atom. The van der Waals surface area contributed by atoms with Gasteiger partial charge < -0.3 is 10.2 Å². The molecule has 0 aromatic carbocycles. The van der Waals surface area contributed by atoms with Crippen molar-refractivity contribution >= 4 is 17.4 Å². The summed E-state index contributed by atoms with van der Waals surface area (Å²) in [5.41, 5.74) is 1.22. The average Bonchev–Trinajstić information content (AvgIpc) is 3.17. The molecule has 1 aliphatic rings. The van der Waals surface area contributed by atoms with Crippen molar-refractivity contribution in [2.24, 2.45) is 0 Å². The molecule has 3 rings (SSSR count). The summed E-state index contributed by atoms with van der Waals surface area (Å²) in [6.07, 6.45) is 5.48. The number of rotatable bonds is 4. The number of pyridine rings is 1. The predicted molar refractivity (Wildman–Crippen MR) is 94.9 cm³/mol. The van der Waals surface area contributed by atoms with Gasteiger partial charge in [-0.25, -0.2) is 9.78 Å². The van der Waals surface area contributed by atoms with Crippen LogP contribution in [0.15, 0.2) is 36.1 Å². The lowest BCUT2D eigenvalue weighted by molar-refractivity contribution is 0.112. The third-order valence-electron chi connectivity index (χ3n) is 4.48. The second kappa shape index (κ2) is 7.72. The summed E-state index contributed by atoms with van der Waals surface area (Å²) >= 11 is 1.56. The van der Waals surface area contributed by atoms with Gasteiger partial charge in [0.15, 0.2) is 0 Å². The number of hydrogen-bond acceptors (Lipinski definition) is 5. The molecule has 2 atom stereocenters. The fourth-order valence-corrected chi connectivity index (χ4v) is 3.58. The Morgan fingerprint density at radius 2 is 2.04 bits per heavy atom. The van der Waals surface area contributed by atoms with E-state index in [1.165, 1.54) is 5.56 Å². The van der Waals surface area contributed by atoms with E-state index < -0.39 is 0 Å². The maximum atomic E-state index is 12.4. The van der Waals surface area contributed by atoms with Gasteiger partial charge in [-0.3, -0.25) is 9.88 Å². The molecule has 1 aliphatic heterocycles. The smallest absolute Gasteiger partial charge is 0.318 e. The molecule has 1 N–H and O–H groups in total. The molecule has 0 radical (unpaired) electrons. The standard InChI is InChI=1S/C17H23N5OS/c1-13(16-19-6-11-24-16)20-17(23)22-9-7-21(8-10-22)14(2)15-4-3-5-18-12-15/h3-6,11-14H,7-10H2,1-2H3,(H,20,23). The molecule has 6 nitrogen and oxygen atoms in total. The largest absolute Gasteiger partial charge is 0.329 e. The van der Waals surface area contributed by atoms with Gasteiger partial charge in [-0.2, -0.15) is 0 Å². The van der Waals surface area contributed by atoms with Crippen LogP contribution in [0.2, 0.25) is 0 Å². The van der Waals surface area contributed by atoms with Gasteiger partial charge in [0.05, 0.1) is 6.04 Å². The van der Waals surface area contributed by atoms with Gasteiger partial charge in [0.25, 0.3) is 0 Å². The van der Waals surface area contributed by atoms with Crippen LogP contribution in [-0.4, -0.2) is 52.0 Å². The molecule has 0 saturated carbocycles. The number of carbonyl (C=O) groups is 1. The highest BCUT2D eigenvalue weighted by Crippen LogP contribution is 2.21. The van der Waals surface area contributed by atoms with Crippen LogP contribution in [0, 0.1) is 0 Å². The first-order valence-corrected chi connectivity index (χ1v) is 9.12. The molecular formula is C17H23N5OS. The van der Waals surface area contributed by atoms with Gasteiger partial charge in [-0.05, 0) is 25.5 Å². The molecule has 128 valence electrons. The Hall–Kier alpha value is -1.99. The number of urea groups is 1. The molecule has 2 unspecified atom stereocenters. The van der Waals surface area contributed by atoms with Crippen LogP contribution in [0.5, 0.6) is 0 Å². The Labute approximate surface area is 146 Å². The van der Waals surface area contributed by atoms with Crippen molar-refractivity contribution in [3.8, 4) is 0 Å². The highest BCUT2D eigenvalue weighted by atomic mass is 32.1. The van der Waals surface area contributed by atoms with Crippen LogP contribution in [-0.2, 0) is 0 Å². The van der Waals surface area contributed by atoms with Gasteiger partial charge in [0, 0.05) is 56.2 Å². The fourth-order valence-electron chi connectivity index (χ4n) is 2.93. The first-order chi connectivity index (χ1) is 11.6. The van der Waals surface area contributed by atoms with E-state index >= 15 is 0 Å². The number of aromatic nitrogens is 2. The van der Waals surface area contributed by atoms with Crippen molar-refractivity contribution in [3.63, 3.8) is 0 Å². The summed E-state index contributed by atoms with van der Waals surface area (Å²) in [6, 6.07) is 4.33. The maximum absolute atomic E-state index is 12.4. The third-order valence-corrected chi connectivity index (χ3v) is 5.44. The van der Waals surface area contributed by atoms with Crippen molar-refractivity contribution < 1.29 is 4.79 Å². The summed E-state index contributed by atoms with van der Waals surface area (Å²) in [6.45, 7) is 7.38. The van der Waals surface area contributed by atoms with Crippen molar-refractivity contribution in [1.29, 1.82) is 0 Å². The van der Waals surface area contributed by atoms with Crippen molar-refractivity contribution in [2.45, 2.75) is 25.9 Å². The van der Waals surface area contributed by atoms with Crippen LogP contribution in [0.1, 0.15) is 36.5 Å². The second-order valence-electron chi connectivity index (χ2n) is 6.03. The zero-order chi connectivity index (χ0) is 16.9. The third kappa shape index (κ3) is 3.91. The molecule has 1 fully saturated rings. The molecule has 2 aromatic heterocycles. The summed E-state index contributed by atoms with van der Waals surface area (Å²) in [5.74, 6) is 0. The minimum atomic E-state index is -0.0511. The zero-order valence-electron chi connectivity index (χ0n) is 14.1. The minimum absolute atomic E-state index is 0.00798. The van der Waals surface area contributed by atoms with E-state index in [0.717, 1.165) is 31.2 Å². The van der Waals surface area contributed by atoms with E-state index in [4.69, 9.17) is 0 Å². The number of piperazine rings is 1. The zero-order valence-corrected chi connectivity index (χ0v) is 14.9. The Balaban J connectivity index is 1.50. The number of hydrogen-bond donors (Lipinski definition) is 1. The molecule has 0 aliphatic carbocycles. The van der Waals surface area contributed by atoms with E-state index in [1.54, 1.807) is 23.7 Å². The van der Waals surface area contributed by atoms with Gasteiger partial charge in [0.1, 0.15) is 5.01 Å². The van der Waals surface area contributed by atoms with Crippen molar-refractivity contribution in [2.75, 3.05) is 26.2 Å². The Morgan fingerprint density at radius 1 is 1.25 bits per heavy atom. The van der Waals surface area contributed by atoms with E-state index in [0.29, 0.717) is 6.04 Å². The van der Waals surface area contributed by atoms with Crippen molar-refractivity contribution in [3.05, 3.63) is 46.7 Å². The fraction of sp³-hybridized carbons (Fsp3) is 0.471. The van der Waals surface area contributed by atoms with E-state index in [9.17, 15) is 4.79 Å². The Bertz CT molecular complexity index is 640. The average molecular weight is 345 g/mol. The minimum Gasteiger partial charge on any atom is -0.329 e. The van der Waals surface area contributed by atoms with Gasteiger partial charge in [-0.1, -0.05) is 6.07 Å². The van der Waals surface area contributed by atoms with E-state index in [2.05, 4.69) is 33.2 Å². The molecule has 1 saturated heterocycles. The van der Waals surface area contributed by atoms with Gasteiger partial charge in [0.2, 0.25) is 0 Å². The molecule has 3 heterocycles. The molecule has 2 amide bonds. The lowest BCUT2D eigenvalue weighted by atomic mass is 10.1. The highest BCUT2D eigenvalue weighted by molar-refractivity contribution is 7.09. The monoisotopic (exact) mass is 345 g/mol. The lowest BCUT2D eigenvalue weighted by Gasteiger charge is -2.38. The van der Waals surface area contributed by atoms with Crippen molar-refractivity contribution in [1.82, 2.24) is 25.1 Å². The molecule has 0 spiro atoms. The van der Waals surface area contributed by atoms with Gasteiger partial charge in [-0.15, -0.1) is 11.3 Å². The normalized spacial score (nSPS) is 18.2. The van der Waals surface area contributed by atoms with Gasteiger partial charge >= 0.3 is 6.03 Å². The van der Waals surface area contributed by atoms with Crippen LogP contribution < -0.4 is 5.32 Å². The second-order valence-corrected chi connectivity index (χ2v) is 6.95. The summed E-state index contributed by atoms with van der Waals surface area (Å²) in [5, 5.41) is 5.90. The molecule has 0 bridgehead atoms. The molecule has 24 heavy (non-hydrogen) atoms. The summed E-state index contributed by atoms with van der Waals surface area (Å²) < 4.78 is 0. The number of nitrogens with one attached hydrogen (secondary N) is 1. The molecule has 7 heteroatoms. The van der Waals surface area contributed by atoms with Crippen LogP contribution >= 0.6 is 11.3 Å². The van der Waals surface area contributed by atoms with Crippen LogP contribution in [0.25, 0.3) is 0 Å². The number of amides is 2. The first-order valence-electron chi connectivity index (χ1n) is 8.24. The number of thiazole rings is 1. The summed E-state index contributed by atoms with van der Waals surface area (Å²) in [7, 11) is 0. The topological polar surface area (TPSA) is 61.4 Å². The van der Waals surface area contributed by atoms with E-state index in [-0.39, 0.29) is 12.1 Å². The van der Waals surface area contributed by atoms with Crippen LogP contribution in [0.3, 0.4) is 0 Å². The lowest BCUT2D eigenvalue weighted by Crippen LogP contribution is -2.52. The highest BCUT2D eigenvalue weighted by Gasteiger charge is 2.25. The first kappa shape index (κ1) is 16.9. The summed E-state index contributed by atoms with van der Waals surface area (Å²) in [4.78, 5) is 25.1. The maximum Gasteiger partial charge on any atom is 0.318 e. The Kier molecular flexibility index (Phi) is 5.42. The quantitative estimate of drug-likeness (QED) is 0.925. The molecule has 2 aromatic rings. The van der Waals surface area contributed by atoms with Crippen LogP contribution in [0.4, 0.5) is 4.79 Å². The number of carbonyl (C=O) groups excluding carboxylic acids is 1. The SMILES string of the molecule is CC(NC(=O)N1CCN(C(C)c2cccnc2)CC1)c1nccs1. The predicted octanol–water partition coefficient (Wildman–Crippen LogP) is 2.69. The van der Waals surface area contributed by atoms with E-state index in [1.807, 2.05) is 29.5 Å².